The van der Waals surface area contributed by atoms with E-state index in [1.165, 1.54) is 5.56 Å². The van der Waals surface area contributed by atoms with Gasteiger partial charge in [-0.25, -0.2) is 0 Å². The molecule has 0 heterocycles. The van der Waals surface area contributed by atoms with Gasteiger partial charge < -0.3 is 11.1 Å². The number of hydrogen-bond acceptors (Lipinski definition) is 4. The van der Waals surface area contributed by atoms with Crippen molar-refractivity contribution in [3.05, 3.63) is 35.4 Å². The molecule has 1 aromatic carbocycles. The molecule has 1 atom stereocenters. The summed E-state index contributed by atoms with van der Waals surface area (Å²) in [6, 6.07) is 8.44. The van der Waals surface area contributed by atoms with Crippen molar-refractivity contribution in [1.82, 2.24) is 10.2 Å². The lowest BCUT2D eigenvalue weighted by Crippen LogP contribution is -2.40. The molecule has 0 bridgehead atoms. The topological polar surface area (TPSA) is 58.4 Å². The van der Waals surface area contributed by atoms with Gasteiger partial charge in [-0.2, -0.15) is 11.8 Å². The third-order valence-corrected chi connectivity index (χ3v) is 4.39. The molecule has 1 aromatic rings. The first-order chi connectivity index (χ1) is 10.4. The molecule has 22 heavy (non-hydrogen) atoms. The lowest BCUT2D eigenvalue weighted by molar-refractivity contribution is -0.122. The minimum absolute atomic E-state index is 0.0706. The molecule has 0 saturated heterocycles. The molecule has 3 N–H and O–H groups in total. The monoisotopic (exact) mass is 323 g/mol. The van der Waals surface area contributed by atoms with Gasteiger partial charge in [-0.1, -0.05) is 24.3 Å². The summed E-state index contributed by atoms with van der Waals surface area (Å²) in [5.41, 5.74) is 8.23. The quantitative estimate of drug-likeness (QED) is 0.732. The third kappa shape index (κ3) is 6.81. The summed E-state index contributed by atoms with van der Waals surface area (Å²) >= 11 is 1.71. The van der Waals surface area contributed by atoms with Gasteiger partial charge in [-0.05, 0) is 50.5 Å². The highest BCUT2D eigenvalue weighted by Crippen LogP contribution is 2.09. The lowest BCUT2D eigenvalue weighted by Gasteiger charge is -2.21. The average Bonchev–Trinajstić information content (AvgIpc) is 2.50. The van der Waals surface area contributed by atoms with E-state index in [0.717, 1.165) is 17.9 Å². The number of nitrogens with two attached hydrogens (primary N) is 1. The number of amides is 1. The fraction of sp³-hybridized carbons (Fsp3) is 0.588. The highest BCUT2D eigenvalue weighted by molar-refractivity contribution is 7.98. The van der Waals surface area contributed by atoms with Crippen molar-refractivity contribution in [2.45, 2.75) is 45.4 Å². The van der Waals surface area contributed by atoms with E-state index in [2.05, 4.69) is 43.2 Å². The molecule has 0 fully saturated rings. The minimum Gasteiger partial charge on any atom is -0.351 e. The van der Waals surface area contributed by atoms with E-state index in [9.17, 15) is 4.79 Å². The number of hydrogen-bond donors (Lipinski definition) is 2. The third-order valence-electron chi connectivity index (χ3n) is 3.74. The Morgan fingerprint density at radius 1 is 1.36 bits per heavy atom. The van der Waals surface area contributed by atoms with Gasteiger partial charge in [0.25, 0.3) is 0 Å². The molecule has 0 aromatic heterocycles. The van der Waals surface area contributed by atoms with Crippen LogP contribution in [0.2, 0.25) is 0 Å². The Bertz CT molecular complexity index is 465. The van der Waals surface area contributed by atoms with Crippen molar-refractivity contribution in [2.75, 3.05) is 19.1 Å². The minimum atomic E-state index is -0.414. The molecule has 1 rings (SSSR count). The SMILES string of the molecule is CSCC[C@H](N)C(=O)NCc1cccc(CN(C)C(C)C)c1. The molecule has 0 spiro atoms. The number of nitrogens with one attached hydrogen (secondary N) is 1. The zero-order valence-electron chi connectivity index (χ0n) is 14.1. The number of rotatable bonds is 9. The van der Waals surface area contributed by atoms with E-state index >= 15 is 0 Å². The van der Waals surface area contributed by atoms with Crippen LogP contribution in [0.5, 0.6) is 0 Å². The normalized spacial score (nSPS) is 12.7. The van der Waals surface area contributed by atoms with Crippen molar-refractivity contribution in [3.63, 3.8) is 0 Å². The van der Waals surface area contributed by atoms with Crippen LogP contribution >= 0.6 is 11.8 Å². The molecule has 1 amide bonds. The molecule has 0 aliphatic carbocycles. The van der Waals surface area contributed by atoms with Crippen molar-refractivity contribution in [2.24, 2.45) is 5.73 Å². The first-order valence-electron chi connectivity index (χ1n) is 7.74. The summed E-state index contributed by atoms with van der Waals surface area (Å²) in [4.78, 5) is 14.2. The van der Waals surface area contributed by atoms with Gasteiger partial charge in [0.2, 0.25) is 5.91 Å². The van der Waals surface area contributed by atoms with Crippen molar-refractivity contribution >= 4 is 17.7 Å². The van der Waals surface area contributed by atoms with Gasteiger partial charge in [-0.3, -0.25) is 9.69 Å². The maximum Gasteiger partial charge on any atom is 0.237 e. The maximum atomic E-state index is 11.9. The van der Waals surface area contributed by atoms with E-state index < -0.39 is 6.04 Å². The number of thioether (sulfide) groups is 1. The summed E-state index contributed by atoms with van der Waals surface area (Å²) in [6.45, 7) is 5.80. The largest absolute Gasteiger partial charge is 0.351 e. The predicted octanol–water partition coefficient (Wildman–Crippen LogP) is 2.22. The number of nitrogens with zero attached hydrogens (tertiary/aromatic N) is 1. The molecule has 0 radical (unpaired) electrons. The Morgan fingerprint density at radius 2 is 2.05 bits per heavy atom. The van der Waals surface area contributed by atoms with Crippen LogP contribution in [0.25, 0.3) is 0 Å². The molecule has 0 unspecified atom stereocenters. The van der Waals surface area contributed by atoms with E-state index in [-0.39, 0.29) is 5.91 Å². The molecule has 0 aliphatic rings. The van der Waals surface area contributed by atoms with Gasteiger partial charge in [0.05, 0.1) is 6.04 Å². The van der Waals surface area contributed by atoms with Crippen LogP contribution in [0.1, 0.15) is 31.4 Å². The average molecular weight is 324 g/mol. The fourth-order valence-electron chi connectivity index (χ4n) is 2.00. The summed E-state index contributed by atoms with van der Waals surface area (Å²) in [5.74, 6) is 0.838. The number of carbonyl (C=O) groups excluding carboxylic acids is 1. The summed E-state index contributed by atoms with van der Waals surface area (Å²) in [6.07, 6.45) is 2.73. The van der Waals surface area contributed by atoms with Gasteiger partial charge in [0, 0.05) is 19.1 Å². The van der Waals surface area contributed by atoms with Crippen LogP contribution in [0.3, 0.4) is 0 Å². The van der Waals surface area contributed by atoms with Crippen molar-refractivity contribution in [3.8, 4) is 0 Å². The summed E-state index contributed by atoms with van der Waals surface area (Å²) in [7, 11) is 2.11. The summed E-state index contributed by atoms with van der Waals surface area (Å²) < 4.78 is 0. The van der Waals surface area contributed by atoms with Crippen LogP contribution in [0.15, 0.2) is 24.3 Å². The number of benzene rings is 1. The molecule has 0 aliphatic heterocycles. The Balaban J connectivity index is 2.51. The second kappa shape index (κ2) is 9.87. The molecule has 124 valence electrons. The highest BCUT2D eigenvalue weighted by Gasteiger charge is 2.12. The Labute approximate surface area is 138 Å². The van der Waals surface area contributed by atoms with Crippen LogP contribution in [0, 0.1) is 0 Å². The lowest BCUT2D eigenvalue weighted by atomic mass is 10.1. The first-order valence-corrected chi connectivity index (χ1v) is 9.13. The molecular weight excluding hydrogens is 294 g/mol. The predicted molar refractivity (Wildman–Crippen MR) is 95.9 cm³/mol. The van der Waals surface area contributed by atoms with Gasteiger partial charge >= 0.3 is 0 Å². The molecule has 5 heteroatoms. The zero-order chi connectivity index (χ0) is 16.5. The van der Waals surface area contributed by atoms with Crippen LogP contribution < -0.4 is 11.1 Å². The van der Waals surface area contributed by atoms with Crippen LogP contribution in [-0.2, 0) is 17.9 Å². The molecule has 0 saturated carbocycles. The van der Waals surface area contributed by atoms with Gasteiger partial charge in [0.1, 0.15) is 0 Å². The smallest absolute Gasteiger partial charge is 0.237 e. The van der Waals surface area contributed by atoms with Crippen LogP contribution in [0.4, 0.5) is 0 Å². The van der Waals surface area contributed by atoms with E-state index in [0.29, 0.717) is 19.0 Å². The number of carbonyl (C=O) groups is 1. The van der Waals surface area contributed by atoms with Gasteiger partial charge in [-0.15, -0.1) is 0 Å². The van der Waals surface area contributed by atoms with Gasteiger partial charge in [0.15, 0.2) is 0 Å². The van der Waals surface area contributed by atoms with Crippen LogP contribution in [-0.4, -0.2) is 41.9 Å². The Hall–Kier alpha value is -1.04. The van der Waals surface area contributed by atoms with Crippen molar-refractivity contribution < 1.29 is 4.79 Å². The Kier molecular flexibility index (Phi) is 8.53. The van der Waals surface area contributed by atoms with E-state index in [1.54, 1.807) is 11.8 Å². The zero-order valence-corrected chi connectivity index (χ0v) is 15.0. The highest BCUT2D eigenvalue weighted by atomic mass is 32.2. The second-order valence-corrected chi connectivity index (χ2v) is 6.92. The summed E-state index contributed by atoms with van der Waals surface area (Å²) in [5, 5.41) is 2.92. The first kappa shape index (κ1) is 19.0. The van der Waals surface area contributed by atoms with E-state index in [4.69, 9.17) is 5.73 Å². The molecule has 4 nitrogen and oxygen atoms in total. The maximum absolute atomic E-state index is 11.9. The second-order valence-electron chi connectivity index (χ2n) is 5.93. The molecular formula is C17H29N3OS. The van der Waals surface area contributed by atoms with E-state index in [1.807, 2.05) is 18.4 Å². The standard InChI is InChI=1S/C17H29N3OS/c1-13(2)20(3)12-15-7-5-6-14(10-15)11-19-17(21)16(18)8-9-22-4/h5-7,10,13,16H,8-9,11-12,18H2,1-4H3,(H,19,21)/t16-/m0/s1. The fourth-order valence-corrected chi connectivity index (χ4v) is 2.49. The Morgan fingerprint density at radius 3 is 2.68 bits per heavy atom. The van der Waals surface area contributed by atoms with Crippen molar-refractivity contribution in [1.29, 1.82) is 0 Å².